The van der Waals surface area contributed by atoms with Crippen molar-refractivity contribution < 1.29 is 13.2 Å². The normalized spacial score (nSPS) is 20.0. The van der Waals surface area contributed by atoms with Gasteiger partial charge in [-0.2, -0.15) is 5.10 Å². The van der Waals surface area contributed by atoms with Gasteiger partial charge >= 0.3 is 0 Å². The Morgan fingerprint density at radius 3 is 2.65 bits per heavy atom. The van der Waals surface area contributed by atoms with Gasteiger partial charge in [0.15, 0.2) is 0 Å². The highest BCUT2D eigenvalue weighted by Crippen LogP contribution is 2.13. The fourth-order valence-corrected chi connectivity index (χ4v) is 3.27. The van der Waals surface area contributed by atoms with Gasteiger partial charge in [0.25, 0.3) is 5.91 Å². The van der Waals surface area contributed by atoms with Gasteiger partial charge in [0.05, 0.1) is 17.7 Å². The highest BCUT2D eigenvalue weighted by Gasteiger charge is 2.25. The molecule has 0 bridgehead atoms. The third-order valence-electron chi connectivity index (χ3n) is 2.80. The number of carbonyl (C=O) groups excluding carboxylic acids is 1. The number of nitrogen functional groups attached to an aromatic ring is 1. The van der Waals surface area contributed by atoms with Crippen molar-refractivity contribution in [2.24, 2.45) is 0 Å². The Labute approximate surface area is 98.7 Å². The molecule has 0 spiro atoms. The summed E-state index contributed by atoms with van der Waals surface area (Å²) in [6.07, 6.45) is 2.25. The minimum absolute atomic E-state index is 0.111. The smallest absolute Gasteiger partial charge is 0.256 e. The Kier molecular flexibility index (Phi) is 3.05. The number of nitrogens with zero attached hydrogens (tertiary/aromatic N) is 1. The van der Waals surface area contributed by atoms with Crippen molar-refractivity contribution in [2.75, 3.05) is 17.2 Å². The monoisotopic (exact) mass is 258 g/mol. The fourth-order valence-electron chi connectivity index (χ4n) is 1.77. The number of aromatic amines is 1. The lowest BCUT2D eigenvalue weighted by molar-refractivity contribution is 0.0935. The predicted molar refractivity (Wildman–Crippen MR) is 62.1 cm³/mol. The van der Waals surface area contributed by atoms with Gasteiger partial charge in [-0.25, -0.2) is 8.42 Å². The number of anilines is 1. The average Bonchev–Trinajstić information content (AvgIpc) is 2.68. The van der Waals surface area contributed by atoms with E-state index in [2.05, 4.69) is 15.5 Å². The first-order valence-corrected chi connectivity index (χ1v) is 7.10. The van der Waals surface area contributed by atoms with Crippen molar-refractivity contribution in [3.05, 3.63) is 11.8 Å². The molecule has 0 saturated carbocycles. The van der Waals surface area contributed by atoms with Crippen molar-refractivity contribution in [1.82, 2.24) is 15.5 Å². The van der Waals surface area contributed by atoms with Gasteiger partial charge in [0.1, 0.15) is 21.2 Å². The van der Waals surface area contributed by atoms with Gasteiger partial charge in [0.2, 0.25) is 0 Å². The molecule has 1 aromatic rings. The van der Waals surface area contributed by atoms with Gasteiger partial charge in [-0.3, -0.25) is 9.89 Å². The van der Waals surface area contributed by atoms with E-state index in [1.54, 1.807) is 0 Å². The first-order valence-electron chi connectivity index (χ1n) is 5.28. The summed E-state index contributed by atoms with van der Waals surface area (Å²) in [4.78, 5) is 11.8. The van der Waals surface area contributed by atoms with Gasteiger partial charge in [-0.15, -0.1) is 0 Å². The van der Waals surface area contributed by atoms with Gasteiger partial charge in [-0.1, -0.05) is 0 Å². The summed E-state index contributed by atoms with van der Waals surface area (Å²) < 4.78 is 22.4. The Bertz CT molecular complexity index is 508. The van der Waals surface area contributed by atoms with E-state index in [9.17, 15) is 13.2 Å². The number of rotatable bonds is 2. The molecule has 1 saturated heterocycles. The van der Waals surface area contributed by atoms with E-state index in [1.807, 2.05) is 0 Å². The van der Waals surface area contributed by atoms with Crippen LogP contribution in [0.15, 0.2) is 6.20 Å². The fraction of sp³-hybridized carbons (Fsp3) is 0.556. The van der Waals surface area contributed by atoms with Crippen molar-refractivity contribution in [3.63, 3.8) is 0 Å². The van der Waals surface area contributed by atoms with Crippen LogP contribution in [0.2, 0.25) is 0 Å². The van der Waals surface area contributed by atoms with E-state index in [0.29, 0.717) is 18.4 Å². The van der Waals surface area contributed by atoms with E-state index < -0.39 is 9.84 Å². The Hall–Kier alpha value is -1.57. The third kappa shape index (κ3) is 2.76. The molecule has 2 rings (SSSR count). The molecular weight excluding hydrogens is 244 g/mol. The van der Waals surface area contributed by atoms with Crippen molar-refractivity contribution in [2.45, 2.75) is 18.9 Å². The first-order chi connectivity index (χ1) is 7.98. The zero-order chi connectivity index (χ0) is 12.5. The van der Waals surface area contributed by atoms with Crippen LogP contribution in [-0.2, 0) is 9.84 Å². The van der Waals surface area contributed by atoms with Crippen molar-refractivity contribution >= 4 is 21.6 Å². The first kappa shape index (κ1) is 11.9. The summed E-state index contributed by atoms with van der Waals surface area (Å²) in [5.74, 6) is 0.143. The molecule has 0 atom stereocenters. The summed E-state index contributed by atoms with van der Waals surface area (Å²) in [7, 11) is -2.91. The predicted octanol–water partition coefficient (Wildman–Crippen LogP) is -0.701. The summed E-state index contributed by atoms with van der Waals surface area (Å²) >= 11 is 0. The van der Waals surface area contributed by atoms with E-state index in [1.165, 1.54) is 6.20 Å². The molecule has 1 amide bonds. The van der Waals surface area contributed by atoms with E-state index >= 15 is 0 Å². The minimum Gasteiger partial charge on any atom is -0.383 e. The molecule has 1 aliphatic heterocycles. The van der Waals surface area contributed by atoms with Crippen LogP contribution in [0.5, 0.6) is 0 Å². The number of nitrogens with two attached hydrogens (primary N) is 1. The summed E-state index contributed by atoms with van der Waals surface area (Å²) in [6, 6.07) is -0.111. The Morgan fingerprint density at radius 2 is 2.12 bits per heavy atom. The zero-order valence-corrected chi connectivity index (χ0v) is 9.96. The minimum atomic E-state index is -2.91. The molecule has 0 aromatic carbocycles. The number of aromatic nitrogens is 2. The number of nitrogens with one attached hydrogen (secondary N) is 2. The Balaban J connectivity index is 1.95. The maximum atomic E-state index is 11.8. The number of sulfone groups is 1. The molecule has 17 heavy (non-hydrogen) atoms. The molecular formula is C9H14N4O3S. The summed E-state index contributed by atoms with van der Waals surface area (Å²) in [6.45, 7) is 0. The molecule has 0 aliphatic carbocycles. The molecule has 1 aromatic heterocycles. The second kappa shape index (κ2) is 4.36. The number of H-pyrrole nitrogens is 1. The molecule has 94 valence electrons. The van der Waals surface area contributed by atoms with E-state index in [4.69, 9.17) is 5.73 Å². The molecule has 4 N–H and O–H groups in total. The van der Waals surface area contributed by atoms with Crippen LogP contribution in [0.25, 0.3) is 0 Å². The highest BCUT2D eigenvalue weighted by molar-refractivity contribution is 7.91. The summed E-state index contributed by atoms with van der Waals surface area (Å²) in [5, 5.41) is 8.88. The molecule has 8 heteroatoms. The highest BCUT2D eigenvalue weighted by atomic mass is 32.2. The lowest BCUT2D eigenvalue weighted by Gasteiger charge is -2.22. The van der Waals surface area contributed by atoms with E-state index in [0.717, 1.165) is 0 Å². The molecule has 1 fully saturated rings. The van der Waals surface area contributed by atoms with Gasteiger partial charge < -0.3 is 11.1 Å². The molecule has 0 unspecified atom stereocenters. The second-order valence-electron chi connectivity index (χ2n) is 4.10. The summed E-state index contributed by atoms with van der Waals surface area (Å²) in [5.41, 5.74) is 5.81. The molecule has 7 nitrogen and oxygen atoms in total. The SMILES string of the molecule is Nc1[nH]ncc1C(=O)NC1CCS(=O)(=O)CC1. The molecule has 1 aliphatic rings. The molecule has 0 radical (unpaired) electrons. The third-order valence-corrected chi connectivity index (χ3v) is 4.52. The van der Waals surface area contributed by atoms with Gasteiger partial charge in [-0.05, 0) is 12.8 Å². The van der Waals surface area contributed by atoms with Crippen LogP contribution in [0.3, 0.4) is 0 Å². The van der Waals surface area contributed by atoms with Gasteiger partial charge in [0, 0.05) is 6.04 Å². The van der Waals surface area contributed by atoms with Crippen LogP contribution in [0, 0.1) is 0 Å². The lowest BCUT2D eigenvalue weighted by atomic mass is 10.1. The van der Waals surface area contributed by atoms with Crippen LogP contribution in [-0.4, -0.2) is 42.1 Å². The zero-order valence-electron chi connectivity index (χ0n) is 9.14. The largest absolute Gasteiger partial charge is 0.383 e. The van der Waals surface area contributed by atoms with E-state index in [-0.39, 0.29) is 29.3 Å². The Morgan fingerprint density at radius 1 is 1.47 bits per heavy atom. The number of carbonyl (C=O) groups is 1. The van der Waals surface area contributed by atoms with Crippen LogP contribution in [0.1, 0.15) is 23.2 Å². The number of amides is 1. The van der Waals surface area contributed by atoms with Crippen LogP contribution >= 0.6 is 0 Å². The van der Waals surface area contributed by atoms with Crippen LogP contribution < -0.4 is 11.1 Å². The number of hydrogen-bond acceptors (Lipinski definition) is 5. The van der Waals surface area contributed by atoms with Crippen LogP contribution in [0.4, 0.5) is 5.82 Å². The average molecular weight is 258 g/mol. The standard InChI is InChI=1S/C9H14N4O3S/c10-8-7(5-11-13-8)9(14)12-6-1-3-17(15,16)4-2-6/h5-6H,1-4H2,(H,12,14)(H3,10,11,13). The number of hydrogen-bond donors (Lipinski definition) is 3. The maximum Gasteiger partial charge on any atom is 0.256 e. The maximum absolute atomic E-state index is 11.8. The topological polar surface area (TPSA) is 118 Å². The molecule has 2 heterocycles. The van der Waals surface area contributed by atoms with Crippen molar-refractivity contribution in [3.8, 4) is 0 Å². The second-order valence-corrected chi connectivity index (χ2v) is 6.40. The lowest BCUT2D eigenvalue weighted by Crippen LogP contribution is -2.40. The quantitative estimate of drug-likeness (QED) is 0.648. The van der Waals surface area contributed by atoms with Crippen molar-refractivity contribution in [1.29, 1.82) is 0 Å².